The lowest BCUT2D eigenvalue weighted by molar-refractivity contribution is 0.146. The highest BCUT2D eigenvalue weighted by Crippen LogP contribution is 2.12. The molecule has 2 rings (SSSR count). The number of hydrogen-bond donors (Lipinski definition) is 0. The number of ether oxygens (including phenoxy) is 1. The standard InChI is InChI=1S/C18H22ClNO/c1-16(15-21-18-10-6-3-7-11-18)20(13-12-19)14-17-8-4-2-5-9-17/h2-11,16H,12-15H2,1H3/t16-/m1/s1. The average Bonchev–Trinajstić information content (AvgIpc) is 2.54. The van der Waals surface area contributed by atoms with Gasteiger partial charge in [0.1, 0.15) is 12.4 Å². The Hall–Kier alpha value is -1.51. The van der Waals surface area contributed by atoms with Crippen molar-refractivity contribution in [2.45, 2.75) is 19.5 Å². The van der Waals surface area contributed by atoms with E-state index in [1.807, 2.05) is 36.4 Å². The Morgan fingerprint density at radius 2 is 1.62 bits per heavy atom. The topological polar surface area (TPSA) is 12.5 Å². The predicted molar refractivity (Wildman–Crippen MR) is 89.0 cm³/mol. The maximum Gasteiger partial charge on any atom is 0.119 e. The second kappa shape index (κ2) is 8.71. The molecule has 0 N–H and O–H groups in total. The molecule has 112 valence electrons. The van der Waals surface area contributed by atoms with Gasteiger partial charge in [-0.3, -0.25) is 4.90 Å². The molecule has 0 heterocycles. The molecule has 0 aliphatic carbocycles. The zero-order chi connectivity index (χ0) is 14.9. The quantitative estimate of drug-likeness (QED) is 0.678. The minimum absolute atomic E-state index is 0.309. The Balaban J connectivity index is 1.90. The summed E-state index contributed by atoms with van der Waals surface area (Å²) in [5.74, 6) is 1.54. The molecular weight excluding hydrogens is 282 g/mol. The van der Waals surface area contributed by atoms with E-state index >= 15 is 0 Å². The van der Waals surface area contributed by atoms with Crippen LogP contribution < -0.4 is 4.74 Å². The van der Waals surface area contributed by atoms with Crippen LogP contribution in [0.2, 0.25) is 0 Å². The Labute approximate surface area is 132 Å². The number of halogens is 1. The van der Waals surface area contributed by atoms with Gasteiger partial charge in [-0.15, -0.1) is 11.6 Å². The predicted octanol–water partition coefficient (Wildman–Crippen LogP) is 4.19. The van der Waals surface area contributed by atoms with Crippen molar-refractivity contribution < 1.29 is 4.74 Å². The number of benzene rings is 2. The molecule has 0 fully saturated rings. The van der Waals surface area contributed by atoms with E-state index < -0.39 is 0 Å². The summed E-state index contributed by atoms with van der Waals surface area (Å²) in [6.45, 7) is 4.59. The molecule has 0 aliphatic heterocycles. The maximum absolute atomic E-state index is 5.94. The summed E-state index contributed by atoms with van der Waals surface area (Å²) < 4.78 is 5.85. The molecule has 2 nitrogen and oxygen atoms in total. The third kappa shape index (κ3) is 5.41. The number of para-hydroxylation sites is 1. The first kappa shape index (κ1) is 15.9. The van der Waals surface area contributed by atoms with Crippen LogP contribution in [0.5, 0.6) is 5.75 Å². The van der Waals surface area contributed by atoms with Crippen molar-refractivity contribution >= 4 is 11.6 Å². The fourth-order valence-corrected chi connectivity index (χ4v) is 2.44. The third-order valence-corrected chi connectivity index (χ3v) is 3.63. The van der Waals surface area contributed by atoms with Crippen LogP contribution in [0.3, 0.4) is 0 Å². The van der Waals surface area contributed by atoms with Crippen LogP contribution >= 0.6 is 11.6 Å². The van der Waals surface area contributed by atoms with Gasteiger partial charge < -0.3 is 4.74 Å². The Morgan fingerprint density at radius 1 is 1.00 bits per heavy atom. The second-order valence-electron chi connectivity index (χ2n) is 5.12. The first-order chi connectivity index (χ1) is 10.3. The van der Waals surface area contributed by atoms with E-state index in [1.54, 1.807) is 0 Å². The van der Waals surface area contributed by atoms with Crippen LogP contribution in [0.25, 0.3) is 0 Å². The van der Waals surface area contributed by atoms with Gasteiger partial charge in [0, 0.05) is 25.0 Å². The van der Waals surface area contributed by atoms with Gasteiger partial charge in [0.25, 0.3) is 0 Å². The molecule has 0 saturated carbocycles. The molecule has 0 unspecified atom stereocenters. The van der Waals surface area contributed by atoms with Crippen LogP contribution in [-0.4, -0.2) is 30.0 Å². The van der Waals surface area contributed by atoms with E-state index in [2.05, 4.69) is 36.1 Å². The van der Waals surface area contributed by atoms with E-state index in [0.29, 0.717) is 18.5 Å². The van der Waals surface area contributed by atoms with Crippen molar-refractivity contribution in [3.63, 3.8) is 0 Å². The van der Waals surface area contributed by atoms with Gasteiger partial charge in [0.05, 0.1) is 0 Å². The summed E-state index contributed by atoms with van der Waals surface area (Å²) in [4.78, 5) is 2.35. The number of nitrogens with zero attached hydrogens (tertiary/aromatic N) is 1. The van der Waals surface area contributed by atoms with E-state index in [4.69, 9.17) is 16.3 Å². The van der Waals surface area contributed by atoms with Crippen LogP contribution in [-0.2, 0) is 6.54 Å². The fourth-order valence-electron chi connectivity index (χ4n) is 2.22. The normalized spacial score (nSPS) is 12.3. The summed E-state index contributed by atoms with van der Waals surface area (Å²) in [6.07, 6.45) is 0. The van der Waals surface area contributed by atoms with Crippen molar-refractivity contribution in [1.29, 1.82) is 0 Å². The number of hydrogen-bond acceptors (Lipinski definition) is 2. The molecule has 0 radical (unpaired) electrons. The van der Waals surface area contributed by atoms with Gasteiger partial charge in [0.15, 0.2) is 0 Å². The molecule has 21 heavy (non-hydrogen) atoms. The molecule has 2 aromatic carbocycles. The lowest BCUT2D eigenvalue weighted by atomic mass is 10.2. The lowest BCUT2D eigenvalue weighted by Gasteiger charge is -2.28. The summed E-state index contributed by atoms with van der Waals surface area (Å²) in [5.41, 5.74) is 1.30. The highest BCUT2D eigenvalue weighted by atomic mass is 35.5. The minimum atomic E-state index is 0.309. The molecule has 0 amide bonds. The van der Waals surface area contributed by atoms with Crippen molar-refractivity contribution in [3.05, 3.63) is 66.2 Å². The molecule has 1 atom stereocenters. The van der Waals surface area contributed by atoms with Crippen molar-refractivity contribution in [2.24, 2.45) is 0 Å². The SMILES string of the molecule is C[C@H](COc1ccccc1)N(CCCl)Cc1ccccc1. The monoisotopic (exact) mass is 303 g/mol. The molecular formula is C18H22ClNO. The average molecular weight is 304 g/mol. The smallest absolute Gasteiger partial charge is 0.119 e. The second-order valence-corrected chi connectivity index (χ2v) is 5.50. The Bertz CT molecular complexity index is 503. The van der Waals surface area contributed by atoms with E-state index in [9.17, 15) is 0 Å². The highest BCUT2D eigenvalue weighted by molar-refractivity contribution is 6.18. The summed E-state index contributed by atoms with van der Waals surface area (Å²) in [5, 5.41) is 0. The Kier molecular flexibility index (Phi) is 6.58. The largest absolute Gasteiger partial charge is 0.492 e. The Morgan fingerprint density at radius 3 is 2.24 bits per heavy atom. The first-order valence-corrected chi connectivity index (χ1v) is 7.85. The van der Waals surface area contributed by atoms with Gasteiger partial charge in [-0.25, -0.2) is 0 Å². The maximum atomic E-state index is 5.94. The van der Waals surface area contributed by atoms with Gasteiger partial charge in [-0.1, -0.05) is 48.5 Å². The summed E-state index contributed by atoms with van der Waals surface area (Å²) in [6, 6.07) is 20.7. The molecule has 0 saturated heterocycles. The van der Waals surface area contributed by atoms with E-state index in [1.165, 1.54) is 5.56 Å². The lowest BCUT2D eigenvalue weighted by Crippen LogP contribution is -2.38. The van der Waals surface area contributed by atoms with Gasteiger partial charge in [-0.2, -0.15) is 0 Å². The molecule has 0 aromatic heterocycles. The van der Waals surface area contributed by atoms with E-state index in [-0.39, 0.29) is 0 Å². The van der Waals surface area contributed by atoms with Crippen LogP contribution in [0.1, 0.15) is 12.5 Å². The third-order valence-electron chi connectivity index (χ3n) is 3.46. The van der Waals surface area contributed by atoms with Crippen molar-refractivity contribution in [1.82, 2.24) is 4.90 Å². The first-order valence-electron chi connectivity index (χ1n) is 7.31. The summed E-state index contributed by atoms with van der Waals surface area (Å²) in [7, 11) is 0. The zero-order valence-electron chi connectivity index (χ0n) is 12.4. The number of alkyl halides is 1. The highest BCUT2D eigenvalue weighted by Gasteiger charge is 2.14. The molecule has 0 spiro atoms. The van der Waals surface area contributed by atoms with Crippen LogP contribution in [0, 0.1) is 0 Å². The molecule has 0 bridgehead atoms. The van der Waals surface area contributed by atoms with E-state index in [0.717, 1.165) is 18.8 Å². The molecule has 2 aromatic rings. The molecule has 3 heteroatoms. The van der Waals surface area contributed by atoms with Crippen LogP contribution in [0.4, 0.5) is 0 Å². The van der Waals surface area contributed by atoms with Gasteiger partial charge >= 0.3 is 0 Å². The van der Waals surface area contributed by atoms with Crippen molar-refractivity contribution in [2.75, 3.05) is 19.0 Å². The van der Waals surface area contributed by atoms with Crippen LogP contribution in [0.15, 0.2) is 60.7 Å². The zero-order valence-corrected chi connectivity index (χ0v) is 13.2. The molecule has 0 aliphatic rings. The summed E-state index contributed by atoms with van der Waals surface area (Å²) >= 11 is 5.94. The van der Waals surface area contributed by atoms with Gasteiger partial charge in [-0.05, 0) is 24.6 Å². The fraction of sp³-hybridized carbons (Fsp3) is 0.333. The van der Waals surface area contributed by atoms with Crippen molar-refractivity contribution in [3.8, 4) is 5.75 Å². The minimum Gasteiger partial charge on any atom is -0.492 e. The number of rotatable bonds is 8. The van der Waals surface area contributed by atoms with Gasteiger partial charge in [0.2, 0.25) is 0 Å².